The number of rotatable bonds is 17. The topological polar surface area (TPSA) is 92.8 Å². The second-order valence-corrected chi connectivity index (χ2v) is 9.87. The number of imide groups is 2. The lowest BCUT2D eigenvalue weighted by Crippen LogP contribution is -2.69. The van der Waals surface area contributed by atoms with Crippen LogP contribution in [-0.2, 0) is 19.1 Å². The normalized spacial score (nSPS) is 19.8. The number of methoxy groups -OCH3 is 1. The summed E-state index contributed by atoms with van der Waals surface area (Å²) in [5, 5.41) is 2.33. The number of urea groups is 1. The fourth-order valence-corrected chi connectivity index (χ4v) is 5.33. The van der Waals surface area contributed by atoms with Crippen LogP contribution in [0, 0.1) is 0 Å². The number of thioether (sulfide) groups is 1. The molecule has 7 nitrogen and oxygen atoms in total. The lowest BCUT2D eigenvalue weighted by Gasteiger charge is -2.40. The largest absolute Gasteiger partial charge is 0.467 e. The van der Waals surface area contributed by atoms with Crippen molar-refractivity contribution in [2.75, 3.05) is 12.9 Å². The van der Waals surface area contributed by atoms with Crippen molar-refractivity contribution in [3.05, 3.63) is 0 Å². The predicted molar refractivity (Wildman–Crippen MR) is 128 cm³/mol. The Morgan fingerprint density at radius 2 is 1.50 bits per heavy atom. The number of unbranched alkanes of at least 4 members (excludes halogenated alkanes) is 9. The Morgan fingerprint density at radius 3 is 2.06 bits per heavy atom. The summed E-state index contributed by atoms with van der Waals surface area (Å²) in [5.74, 6) is -1.15. The van der Waals surface area contributed by atoms with E-state index < -0.39 is 34.6 Å². The zero-order chi connectivity index (χ0) is 24.0. The molecule has 0 aliphatic carbocycles. The van der Waals surface area contributed by atoms with Gasteiger partial charge in [-0.1, -0.05) is 85.0 Å². The molecule has 1 N–H and O–H groups in total. The summed E-state index contributed by atoms with van der Waals surface area (Å²) in [5.41, 5.74) is 0. The third-order valence-electron chi connectivity index (χ3n) is 6.08. The molecule has 2 atom stereocenters. The van der Waals surface area contributed by atoms with Crippen molar-refractivity contribution in [3.63, 3.8) is 0 Å². The van der Waals surface area contributed by atoms with Crippen molar-refractivity contribution >= 4 is 35.6 Å². The van der Waals surface area contributed by atoms with Gasteiger partial charge in [0.25, 0.3) is 11.8 Å². The fourth-order valence-electron chi connectivity index (χ4n) is 4.02. The van der Waals surface area contributed by atoms with E-state index in [4.69, 9.17) is 4.74 Å². The van der Waals surface area contributed by atoms with Crippen molar-refractivity contribution in [2.24, 2.45) is 0 Å². The molecule has 0 aromatic carbocycles. The Morgan fingerprint density at radius 1 is 0.938 bits per heavy atom. The SMILES string of the molecule is CCCCCCCCCCC(C(=O)OC)N1C(=O)NC(=O)C(CC)(SCCCCC)C1=O. The highest BCUT2D eigenvalue weighted by Gasteiger charge is 2.55. The number of hydrogen-bond acceptors (Lipinski definition) is 6. The maximum atomic E-state index is 13.5. The Labute approximate surface area is 197 Å². The summed E-state index contributed by atoms with van der Waals surface area (Å²) in [7, 11) is 1.26. The van der Waals surface area contributed by atoms with Crippen LogP contribution >= 0.6 is 11.8 Å². The van der Waals surface area contributed by atoms with Crippen LogP contribution in [0.25, 0.3) is 0 Å². The number of amides is 4. The van der Waals surface area contributed by atoms with E-state index in [0.717, 1.165) is 43.4 Å². The molecule has 0 spiro atoms. The summed E-state index contributed by atoms with van der Waals surface area (Å²) in [6.45, 7) is 6.05. The van der Waals surface area contributed by atoms with Crippen molar-refractivity contribution in [3.8, 4) is 0 Å². The predicted octanol–water partition coefficient (Wildman–Crippen LogP) is 5.21. The molecule has 1 aliphatic rings. The minimum Gasteiger partial charge on any atom is -0.467 e. The average molecular weight is 471 g/mol. The molecule has 1 aliphatic heterocycles. The Hall–Kier alpha value is -1.57. The molecule has 1 fully saturated rings. The smallest absolute Gasteiger partial charge is 0.331 e. The Bertz CT molecular complexity index is 628. The second kappa shape index (κ2) is 15.3. The van der Waals surface area contributed by atoms with Gasteiger partial charge in [-0.05, 0) is 25.0 Å². The van der Waals surface area contributed by atoms with Gasteiger partial charge in [-0.15, -0.1) is 11.8 Å². The molecule has 184 valence electrons. The van der Waals surface area contributed by atoms with Gasteiger partial charge in [0.15, 0.2) is 4.75 Å². The molecule has 1 saturated heterocycles. The maximum Gasteiger partial charge on any atom is 0.331 e. The van der Waals surface area contributed by atoms with Gasteiger partial charge in [0.1, 0.15) is 6.04 Å². The van der Waals surface area contributed by atoms with Gasteiger partial charge in [-0.25, -0.2) is 14.5 Å². The number of carbonyl (C=O) groups excluding carboxylic acids is 4. The number of hydrogen-bond donors (Lipinski definition) is 1. The standard InChI is InChI=1S/C24H42N2O5S/c1-5-8-10-11-12-13-14-15-17-19(20(27)31-4)26-22(29)24(7-3,21(28)25-23(26)30)32-18-16-9-6-2/h19H,5-18H2,1-4H3,(H,25,28,30). The quantitative estimate of drug-likeness (QED) is 0.178. The molecule has 0 aromatic rings. The first-order valence-corrected chi connectivity index (χ1v) is 13.3. The van der Waals surface area contributed by atoms with Crippen LogP contribution in [0.15, 0.2) is 0 Å². The third-order valence-corrected chi connectivity index (χ3v) is 7.71. The van der Waals surface area contributed by atoms with E-state index >= 15 is 0 Å². The average Bonchev–Trinajstić information content (AvgIpc) is 2.78. The maximum absolute atomic E-state index is 13.5. The number of nitrogens with one attached hydrogen (secondary N) is 1. The van der Waals surface area contributed by atoms with E-state index in [1.807, 2.05) is 0 Å². The summed E-state index contributed by atoms with van der Waals surface area (Å²) >= 11 is 1.28. The van der Waals surface area contributed by atoms with E-state index in [0.29, 0.717) is 18.6 Å². The molecule has 1 heterocycles. The molecular formula is C24H42N2O5S. The highest BCUT2D eigenvalue weighted by molar-refractivity contribution is 8.02. The molecule has 0 aromatic heterocycles. The van der Waals surface area contributed by atoms with Gasteiger partial charge in [0.2, 0.25) is 0 Å². The van der Waals surface area contributed by atoms with Gasteiger partial charge in [0.05, 0.1) is 7.11 Å². The van der Waals surface area contributed by atoms with Gasteiger partial charge in [-0.3, -0.25) is 14.9 Å². The highest BCUT2D eigenvalue weighted by atomic mass is 32.2. The fraction of sp³-hybridized carbons (Fsp3) is 0.833. The molecular weight excluding hydrogens is 428 g/mol. The Balaban J connectivity index is 2.85. The summed E-state index contributed by atoms with van der Waals surface area (Å²) in [4.78, 5) is 52.3. The molecule has 0 saturated carbocycles. The molecule has 1 rings (SSSR count). The van der Waals surface area contributed by atoms with Crippen LogP contribution in [0.1, 0.15) is 104 Å². The van der Waals surface area contributed by atoms with E-state index in [-0.39, 0.29) is 6.42 Å². The minimum atomic E-state index is -1.38. The molecule has 32 heavy (non-hydrogen) atoms. The van der Waals surface area contributed by atoms with Crippen molar-refractivity contribution in [1.82, 2.24) is 10.2 Å². The van der Waals surface area contributed by atoms with Crippen molar-refractivity contribution in [2.45, 2.75) is 115 Å². The highest BCUT2D eigenvalue weighted by Crippen LogP contribution is 2.36. The van der Waals surface area contributed by atoms with Crippen molar-refractivity contribution < 1.29 is 23.9 Å². The number of barbiturate groups is 1. The number of carbonyl (C=O) groups is 4. The monoisotopic (exact) mass is 470 g/mol. The summed E-state index contributed by atoms with van der Waals surface area (Å²) in [6, 6.07) is -1.84. The van der Waals surface area contributed by atoms with E-state index in [1.54, 1.807) is 6.92 Å². The first kappa shape index (κ1) is 28.5. The summed E-state index contributed by atoms with van der Waals surface area (Å²) in [6.07, 6.45) is 12.3. The van der Waals surface area contributed by atoms with E-state index in [1.165, 1.54) is 44.6 Å². The first-order chi connectivity index (χ1) is 15.4. The lowest BCUT2D eigenvalue weighted by molar-refractivity contribution is -0.154. The van der Waals surface area contributed by atoms with E-state index in [9.17, 15) is 19.2 Å². The van der Waals surface area contributed by atoms with Crippen LogP contribution in [0.2, 0.25) is 0 Å². The molecule has 0 radical (unpaired) electrons. The number of nitrogens with zero attached hydrogens (tertiary/aromatic N) is 1. The van der Waals surface area contributed by atoms with Gasteiger partial charge in [0, 0.05) is 0 Å². The van der Waals surface area contributed by atoms with Crippen LogP contribution in [0.4, 0.5) is 4.79 Å². The lowest BCUT2D eigenvalue weighted by atomic mass is 9.97. The minimum absolute atomic E-state index is 0.254. The van der Waals surface area contributed by atoms with Crippen LogP contribution < -0.4 is 5.32 Å². The van der Waals surface area contributed by atoms with Gasteiger partial charge < -0.3 is 4.74 Å². The van der Waals surface area contributed by atoms with Crippen LogP contribution in [0.5, 0.6) is 0 Å². The number of ether oxygens (including phenoxy) is 1. The van der Waals surface area contributed by atoms with Crippen LogP contribution in [0.3, 0.4) is 0 Å². The second-order valence-electron chi connectivity index (χ2n) is 8.47. The third kappa shape index (κ3) is 7.78. The number of esters is 1. The van der Waals surface area contributed by atoms with Gasteiger partial charge >= 0.3 is 12.0 Å². The molecule has 0 bridgehead atoms. The first-order valence-electron chi connectivity index (χ1n) is 12.3. The summed E-state index contributed by atoms with van der Waals surface area (Å²) < 4.78 is 3.54. The zero-order valence-corrected chi connectivity index (χ0v) is 21.2. The van der Waals surface area contributed by atoms with Gasteiger partial charge in [-0.2, -0.15) is 0 Å². The van der Waals surface area contributed by atoms with Crippen LogP contribution in [-0.4, -0.2) is 52.4 Å². The van der Waals surface area contributed by atoms with E-state index in [2.05, 4.69) is 19.2 Å². The van der Waals surface area contributed by atoms with Crippen molar-refractivity contribution in [1.29, 1.82) is 0 Å². The molecule has 4 amide bonds. The molecule has 2 unspecified atom stereocenters. The zero-order valence-electron chi connectivity index (χ0n) is 20.4. The Kier molecular flexibility index (Phi) is 13.6. The molecule has 8 heteroatoms.